The molecule has 0 aromatic heterocycles. The normalized spacial score (nSPS) is 22.6. The van der Waals surface area contributed by atoms with Crippen LogP contribution in [0.5, 0.6) is 11.5 Å². The fourth-order valence-corrected chi connectivity index (χ4v) is 2.96. The number of β-amino-alcohol motifs (C(OH)–C–C–N with tert-alkyl or cyclic N) is 1. The van der Waals surface area contributed by atoms with Crippen LogP contribution < -0.4 is 15.2 Å². The summed E-state index contributed by atoms with van der Waals surface area (Å²) in [6.45, 7) is 7.09. The van der Waals surface area contributed by atoms with E-state index in [-0.39, 0.29) is 6.04 Å². The standard InChI is InChI=1S/C16H25ClN2O3/c1-3-21-15-8-11(7-12(17)16(15)22-4-2)9-19-6-5-13(18)14(20)10-19/h7-8,13-14,20H,3-6,9-10,18H2,1-2H3/t13-,14-/m1/s1. The second-order valence-electron chi connectivity index (χ2n) is 5.53. The summed E-state index contributed by atoms with van der Waals surface area (Å²) in [4.78, 5) is 2.18. The highest BCUT2D eigenvalue weighted by Crippen LogP contribution is 2.37. The molecule has 3 N–H and O–H groups in total. The molecule has 6 heteroatoms. The molecule has 0 spiro atoms. The van der Waals surface area contributed by atoms with Crippen molar-refractivity contribution < 1.29 is 14.6 Å². The van der Waals surface area contributed by atoms with E-state index >= 15 is 0 Å². The molecule has 1 aliphatic heterocycles. The zero-order valence-electron chi connectivity index (χ0n) is 13.2. The molecule has 1 saturated heterocycles. The maximum absolute atomic E-state index is 9.90. The first-order valence-corrected chi connectivity index (χ1v) is 8.17. The Morgan fingerprint density at radius 1 is 1.32 bits per heavy atom. The molecule has 1 fully saturated rings. The monoisotopic (exact) mass is 328 g/mol. The van der Waals surface area contributed by atoms with Crippen LogP contribution in [0.15, 0.2) is 12.1 Å². The summed E-state index contributed by atoms with van der Waals surface area (Å²) in [5.41, 5.74) is 6.88. The lowest BCUT2D eigenvalue weighted by Gasteiger charge is -2.34. The van der Waals surface area contributed by atoms with E-state index < -0.39 is 6.10 Å². The Balaban J connectivity index is 2.14. The second-order valence-corrected chi connectivity index (χ2v) is 5.93. The third-order valence-corrected chi connectivity index (χ3v) is 4.06. The lowest BCUT2D eigenvalue weighted by molar-refractivity contribution is 0.0499. The number of hydrogen-bond donors (Lipinski definition) is 2. The minimum Gasteiger partial charge on any atom is -0.490 e. The van der Waals surface area contributed by atoms with Crippen molar-refractivity contribution in [1.29, 1.82) is 0 Å². The number of ether oxygens (including phenoxy) is 2. The van der Waals surface area contributed by atoms with E-state index in [0.29, 0.717) is 42.8 Å². The number of piperidine rings is 1. The summed E-state index contributed by atoms with van der Waals surface area (Å²) in [5, 5.41) is 10.4. The molecule has 5 nitrogen and oxygen atoms in total. The van der Waals surface area contributed by atoms with Gasteiger partial charge in [0.25, 0.3) is 0 Å². The van der Waals surface area contributed by atoms with Crippen molar-refractivity contribution in [1.82, 2.24) is 4.90 Å². The number of aliphatic hydroxyl groups is 1. The van der Waals surface area contributed by atoms with Gasteiger partial charge in [0.15, 0.2) is 11.5 Å². The predicted octanol–water partition coefficient (Wildman–Crippen LogP) is 2.03. The van der Waals surface area contributed by atoms with Gasteiger partial charge in [-0.2, -0.15) is 0 Å². The van der Waals surface area contributed by atoms with Gasteiger partial charge in [-0.25, -0.2) is 0 Å². The maximum atomic E-state index is 9.90. The molecule has 22 heavy (non-hydrogen) atoms. The summed E-state index contributed by atoms with van der Waals surface area (Å²) in [6.07, 6.45) is 0.322. The number of halogens is 1. The molecular weight excluding hydrogens is 304 g/mol. The van der Waals surface area contributed by atoms with Crippen molar-refractivity contribution in [3.05, 3.63) is 22.7 Å². The first-order chi connectivity index (χ1) is 10.5. The molecule has 1 aromatic rings. The van der Waals surface area contributed by atoms with Crippen LogP contribution in [0.3, 0.4) is 0 Å². The molecule has 0 saturated carbocycles. The highest BCUT2D eigenvalue weighted by molar-refractivity contribution is 6.32. The molecule has 1 heterocycles. The highest BCUT2D eigenvalue weighted by Gasteiger charge is 2.25. The highest BCUT2D eigenvalue weighted by atomic mass is 35.5. The zero-order valence-corrected chi connectivity index (χ0v) is 14.0. The summed E-state index contributed by atoms with van der Waals surface area (Å²) in [5.74, 6) is 1.26. The molecule has 0 radical (unpaired) electrons. The number of nitrogens with two attached hydrogens (primary N) is 1. The number of aliphatic hydroxyl groups excluding tert-OH is 1. The van der Waals surface area contributed by atoms with Gasteiger partial charge in [0.05, 0.1) is 24.3 Å². The molecule has 124 valence electrons. The summed E-state index contributed by atoms with van der Waals surface area (Å²) < 4.78 is 11.2. The van der Waals surface area contributed by atoms with E-state index in [4.69, 9.17) is 26.8 Å². The van der Waals surface area contributed by atoms with Crippen LogP contribution in [0, 0.1) is 0 Å². The van der Waals surface area contributed by atoms with Crippen LogP contribution in [-0.4, -0.2) is 48.5 Å². The van der Waals surface area contributed by atoms with Crippen molar-refractivity contribution in [2.45, 2.75) is 39.0 Å². The van der Waals surface area contributed by atoms with Crippen LogP contribution in [-0.2, 0) is 6.54 Å². The van der Waals surface area contributed by atoms with Gasteiger partial charge in [0.1, 0.15) is 0 Å². The minimum atomic E-state index is -0.474. The van der Waals surface area contributed by atoms with E-state index in [9.17, 15) is 5.11 Å². The van der Waals surface area contributed by atoms with Crippen LogP contribution in [0.2, 0.25) is 5.02 Å². The van der Waals surface area contributed by atoms with Gasteiger partial charge >= 0.3 is 0 Å². The van der Waals surface area contributed by atoms with Gasteiger partial charge in [0.2, 0.25) is 0 Å². The Morgan fingerprint density at radius 3 is 2.68 bits per heavy atom. The fraction of sp³-hybridized carbons (Fsp3) is 0.625. The molecule has 2 rings (SSSR count). The van der Waals surface area contributed by atoms with E-state index in [2.05, 4.69) is 4.90 Å². The average molecular weight is 329 g/mol. The van der Waals surface area contributed by atoms with Crippen LogP contribution in [0.4, 0.5) is 0 Å². The molecule has 1 aliphatic rings. The molecule has 0 bridgehead atoms. The van der Waals surface area contributed by atoms with Gasteiger partial charge in [-0.05, 0) is 38.0 Å². The number of likely N-dealkylation sites (tertiary alicyclic amines) is 1. The Kier molecular flexibility index (Phi) is 6.32. The number of nitrogens with zero attached hydrogens (tertiary/aromatic N) is 1. The van der Waals surface area contributed by atoms with Crippen LogP contribution in [0.1, 0.15) is 25.8 Å². The van der Waals surface area contributed by atoms with E-state index in [0.717, 1.165) is 18.5 Å². The van der Waals surface area contributed by atoms with Gasteiger partial charge in [-0.3, -0.25) is 4.90 Å². The smallest absolute Gasteiger partial charge is 0.179 e. The SMILES string of the molecule is CCOc1cc(CN2CC[C@@H](N)[C@H](O)C2)cc(Cl)c1OCC. The Morgan fingerprint density at radius 2 is 2.05 bits per heavy atom. The third-order valence-electron chi connectivity index (χ3n) is 3.78. The van der Waals surface area contributed by atoms with Gasteiger partial charge < -0.3 is 20.3 Å². The van der Waals surface area contributed by atoms with Gasteiger partial charge in [-0.15, -0.1) is 0 Å². The Hall–Kier alpha value is -1.01. The average Bonchev–Trinajstić information content (AvgIpc) is 2.47. The van der Waals surface area contributed by atoms with Crippen molar-refractivity contribution >= 4 is 11.6 Å². The largest absolute Gasteiger partial charge is 0.490 e. The van der Waals surface area contributed by atoms with E-state index in [1.165, 1.54) is 0 Å². The molecular formula is C16H25ClN2O3. The predicted molar refractivity (Wildman–Crippen MR) is 87.7 cm³/mol. The Labute approximate surface area is 136 Å². The van der Waals surface area contributed by atoms with Crippen molar-refractivity contribution in [3.63, 3.8) is 0 Å². The second kappa shape index (κ2) is 8.02. The van der Waals surface area contributed by atoms with Crippen molar-refractivity contribution in [2.24, 2.45) is 5.73 Å². The zero-order chi connectivity index (χ0) is 16.1. The molecule has 2 atom stereocenters. The van der Waals surface area contributed by atoms with Crippen molar-refractivity contribution in [3.8, 4) is 11.5 Å². The van der Waals surface area contributed by atoms with Crippen LogP contribution >= 0.6 is 11.6 Å². The van der Waals surface area contributed by atoms with E-state index in [1.807, 2.05) is 26.0 Å². The number of hydrogen-bond acceptors (Lipinski definition) is 5. The third kappa shape index (κ3) is 4.26. The summed E-state index contributed by atoms with van der Waals surface area (Å²) in [7, 11) is 0. The quantitative estimate of drug-likeness (QED) is 0.836. The van der Waals surface area contributed by atoms with Gasteiger partial charge in [0, 0.05) is 25.7 Å². The molecule has 0 aliphatic carbocycles. The first kappa shape index (κ1) is 17.3. The topological polar surface area (TPSA) is 68.0 Å². The van der Waals surface area contributed by atoms with Crippen molar-refractivity contribution in [2.75, 3.05) is 26.3 Å². The summed E-state index contributed by atoms with van der Waals surface area (Å²) >= 11 is 6.33. The minimum absolute atomic E-state index is 0.126. The first-order valence-electron chi connectivity index (χ1n) is 7.79. The fourth-order valence-electron chi connectivity index (χ4n) is 2.68. The van der Waals surface area contributed by atoms with E-state index in [1.54, 1.807) is 0 Å². The van der Waals surface area contributed by atoms with Crippen LogP contribution in [0.25, 0.3) is 0 Å². The molecule has 0 unspecified atom stereocenters. The Bertz CT molecular complexity index is 499. The molecule has 1 aromatic carbocycles. The molecule has 0 amide bonds. The van der Waals surface area contributed by atoms with Gasteiger partial charge in [-0.1, -0.05) is 11.6 Å². The number of benzene rings is 1. The maximum Gasteiger partial charge on any atom is 0.179 e. The lowest BCUT2D eigenvalue weighted by atomic mass is 10.0. The lowest BCUT2D eigenvalue weighted by Crippen LogP contribution is -2.50. The summed E-state index contributed by atoms with van der Waals surface area (Å²) in [6, 6.07) is 3.73. The number of rotatable bonds is 6.